The minimum Gasteiger partial charge on any atom is -0.207 e. The molecule has 0 saturated carbocycles. The number of hydrogen-bond donors (Lipinski definition) is 0. The van der Waals surface area contributed by atoms with E-state index in [-0.39, 0.29) is 5.83 Å². The summed E-state index contributed by atoms with van der Waals surface area (Å²) in [7, 11) is 0. The zero-order valence-corrected chi connectivity index (χ0v) is 7.26. The molecule has 0 nitrogen and oxygen atoms in total. The Morgan fingerprint density at radius 1 is 1.58 bits per heavy atom. The van der Waals surface area contributed by atoms with Crippen LogP contribution in [0.25, 0.3) is 0 Å². The summed E-state index contributed by atoms with van der Waals surface area (Å²) >= 11 is 0. The summed E-state index contributed by atoms with van der Waals surface area (Å²) in [5.74, 6) is -0.0851. The normalized spacial score (nSPS) is 17.5. The van der Waals surface area contributed by atoms with Crippen molar-refractivity contribution >= 4 is 0 Å². The molecule has 0 fully saturated rings. The lowest BCUT2D eigenvalue weighted by atomic mass is 10.1. The van der Waals surface area contributed by atoms with Crippen LogP contribution < -0.4 is 0 Å². The van der Waals surface area contributed by atoms with E-state index in [1.54, 1.807) is 6.08 Å². The van der Waals surface area contributed by atoms with Gasteiger partial charge in [0, 0.05) is 0 Å². The zero-order chi connectivity index (χ0) is 8.81. The molecular weight excluding hydrogens is 151 g/mol. The van der Waals surface area contributed by atoms with Crippen molar-refractivity contribution in [1.29, 1.82) is 0 Å². The predicted octanol–water partition coefficient (Wildman–Crippen LogP) is 3.69. The van der Waals surface area contributed by atoms with Crippen molar-refractivity contribution in [3.05, 3.63) is 47.9 Å². The van der Waals surface area contributed by atoms with E-state index in [0.717, 1.165) is 5.57 Å². The first kappa shape index (κ1) is 8.98. The smallest absolute Gasteiger partial charge is 0.123 e. The molecule has 0 atom stereocenters. The Morgan fingerprint density at radius 3 is 3.17 bits per heavy atom. The summed E-state index contributed by atoms with van der Waals surface area (Å²) in [4.78, 5) is 0. The molecule has 0 aromatic carbocycles. The third kappa shape index (κ3) is 2.50. The van der Waals surface area contributed by atoms with Crippen LogP contribution in [0.3, 0.4) is 0 Å². The highest BCUT2D eigenvalue weighted by Crippen LogP contribution is 2.19. The van der Waals surface area contributed by atoms with Gasteiger partial charge in [0.15, 0.2) is 0 Å². The molecule has 1 aliphatic rings. The number of allylic oxidation sites excluding steroid dienone is 8. The second-order valence-corrected chi connectivity index (χ2v) is 2.68. The molecule has 0 saturated heterocycles. The Morgan fingerprint density at radius 2 is 2.42 bits per heavy atom. The summed E-state index contributed by atoms with van der Waals surface area (Å²) < 4.78 is 13.2. The Bertz CT molecular complexity index is 254. The largest absolute Gasteiger partial charge is 0.207 e. The van der Waals surface area contributed by atoms with Gasteiger partial charge < -0.3 is 0 Å². The molecule has 0 amide bonds. The molecule has 0 unspecified atom stereocenters. The Hall–Kier alpha value is -1.11. The topological polar surface area (TPSA) is 0 Å². The van der Waals surface area contributed by atoms with Gasteiger partial charge in [0.05, 0.1) is 0 Å². The van der Waals surface area contributed by atoms with Crippen molar-refractivity contribution in [2.24, 2.45) is 0 Å². The van der Waals surface area contributed by atoms with Crippen molar-refractivity contribution in [3.8, 4) is 0 Å². The van der Waals surface area contributed by atoms with Crippen LogP contribution in [0.5, 0.6) is 0 Å². The minimum atomic E-state index is -0.0851. The number of rotatable bonds is 2. The van der Waals surface area contributed by atoms with Crippen molar-refractivity contribution < 1.29 is 4.39 Å². The highest BCUT2D eigenvalue weighted by molar-refractivity contribution is 5.33. The fourth-order valence-corrected chi connectivity index (χ4v) is 1.06. The summed E-state index contributed by atoms with van der Waals surface area (Å²) in [5.41, 5.74) is 0.766. The van der Waals surface area contributed by atoms with Gasteiger partial charge in [-0.05, 0) is 31.4 Å². The molecule has 1 rings (SSSR count). The lowest BCUT2D eigenvalue weighted by molar-refractivity contribution is 0.643. The molecule has 0 spiro atoms. The molecular formula is C11H13F. The fraction of sp³-hybridized carbons (Fsp3) is 0.273. The quantitative estimate of drug-likeness (QED) is 0.546. The van der Waals surface area contributed by atoms with Gasteiger partial charge in [0.2, 0.25) is 0 Å². The molecule has 0 heterocycles. The van der Waals surface area contributed by atoms with E-state index in [9.17, 15) is 4.39 Å². The maximum Gasteiger partial charge on any atom is 0.123 e. The van der Waals surface area contributed by atoms with E-state index in [4.69, 9.17) is 0 Å². The highest BCUT2D eigenvalue weighted by Gasteiger charge is 2.01. The molecule has 12 heavy (non-hydrogen) atoms. The van der Waals surface area contributed by atoms with Gasteiger partial charge in [-0.25, -0.2) is 4.39 Å². The van der Waals surface area contributed by atoms with Gasteiger partial charge in [0.25, 0.3) is 0 Å². The Labute approximate surface area is 72.8 Å². The van der Waals surface area contributed by atoms with Crippen molar-refractivity contribution in [1.82, 2.24) is 0 Å². The van der Waals surface area contributed by atoms with E-state index < -0.39 is 0 Å². The SMILES string of the molecule is C/C=C/CC1=CC=CCC=C1F. The summed E-state index contributed by atoms with van der Waals surface area (Å²) in [6, 6.07) is 0. The molecule has 0 bridgehead atoms. The molecule has 0 aromatic heterocycles. The Balaban J connectivity index is 2.71. The third-order valence-electron chi connectivity index (χ3n) is 1.75. The van der Waals surface area contributed by atoms with Gasteiger partial charge in [-0.3, -0.25) is 0 Å². The molecule has 0 aliphatic heterocycles. The van der Waals surface area contributed by atoms with E-state index in [0.29, 0.717) is 12.8 Å². The summed E-state index contributed by atoms with van der Waals surface area (Å²) in [6.07, 6.45) is 12.6. The van der Waals surface area contributed by atoms with Crippen LogP contribution in [0, 0.1) is 0 Å². The zero-order valence-electron chi connectivity index (χ0n) is 7.26. The van der Waals surface area contributed by atoms with Crippen LogP contribution in [0.4, 0.5) is 4.39 Å². The standard InChI is InChI=1S/C11H13F/c1-2-3-7-10-8-5-4-6-9-11(10)12/h2-5,8-9H,6-7H2,1H3/b3-2+. The first-order chi connectivity index (χ1) is 5.84. The lowest BCUT2D eigenvalue weighted by Crippen LogP contribution is -1.80. The monoisotopic (exact) mass is 164 g/mol. The van der Waals surface area contributed by atoms with Crippen LogP contribution in [0.2, 0.25) is 0 Å². The van der Waals surface area contributed by atoms with Crippen LogP contribution >= 0.6 is 0 Å². The van der Waals surface area contributed by atoms with Crippen LogP contribution in [-0.4, -0.2) is 0 Å². The van der Waals surface area contributed by atoms with E-state index in [1.165, 1.54) is 0 Å². The molecule has 0 radical (unpaired) electrons. The van der Waals surface area contributed by atoms with E-state index in [2.05, 4.69) is 0 Å². The predicted molar refractivity (Wildman–Crippen MR) is 50.5 cm³/mol. The van der Waals surface area contributed by atoms with Crippen molar-refractivity contribution in [2.75, 3.05) is 0 Å². The third-order valence-corrected chi connectivity index (χ3v) is 1.75. The van der Waals surface area contributed by atoms with Gasteiger partial charge in [-0.1, -0.05) is 30.4 Å². The molecule has 64 valence electrons. The average Bonchev–Trinajstić information content (AvgIpc) is 2.27. The summed E-state index contributed by atoms with van der Waals surface area (Å²) in [5, 5.41) is 0. The first-order valence-electron chi connectivity index (χ1n) is 4.17. The second kappa shape index (κ2) is 4.70. The fourth-order valence-electron chi connectivity index (χ4n) is 1.06. The average molecular weight is 164 g/mol. The van der Waals surface area contributed by atoms with Crippen LogP contribution in [0.15, 0.2) is 47.9 Å². The molecule has 0 N–H and O–H groups in total. The summed E-state index contributed by atoms with van der Waals surface area (Å²) in [6.45, 7) is 1.94. The van der Waals surface area contributed by atoms with E-state index in [1.807, 2.05) is 37.3 Å². The minimum absolute atomic E-state index is 0.0851. The molecule has 1 heteroatoms. The van der Waals surface area contributed by atoms with Crippen LogP contribution in [-0.2, 0) is 0 Å². The van der Waals surface area contributed by atoms with Gasteiger partial charge >= 0.3 is 0 Å². The number of hydrogen-bond acceptors (Lipinski definition) is 0. The van der Waals surface area contributed by atoms with Crippen molar-refractivity contribution in [3.63, 3.8) is 0 Å². The lowest BCUT2D eigenvalue weighted by Gasteiger charge is -1.97. The maximum absolute atomic E-state index is 13.2. The first-order valence-corrected chi connectivity index (χ1v) is 4.17. The van der Waals surface area contributed by atoms with Gasteiger partial charge in [0.1, 0.15) is 5.83 Å². The van der Waals surface area contributed by atoms with Gasteiger partial charge in [-0.15, -0.1) is 0 Å². The van der Waals surface area contributed by atoms with Crippen molar-refractivity contribution in [2.45, 2.75) is 19.8 Å². The Kier molecular flexibility index (Phi) is 3.52. The maximum atomic E-state index is 13.2. The molecule has 0 aromatic rings. The molecule has 1 aliphatic carbocycles. The van der Waals surface area contributed by atoms with Gasteiger partial charge in [-0.2, -0.15) is 0 Å². The van der Waals surface area contributed by atoms with E-state index >= 15 is 0 Å². The van der Waals surface area contributed by atoms with Crippen LogP contribution in [0.1, 0.15) is 19.8 Å². The highest BCUT2D eigenvalue weighted by atomic mass is 19.1. The second-order valence-electron chi connectivity index (χ2n) is 2.68. The number of halogens is 1.